The molecule has 0 aliphatic heterocycles. The average Bonchev–Trinajstić information content (AvgIpc) is 2.33. The van der Waals surface area contributed by atoms with E-state index in [2.05, 4.69) is 26.5 Å². The molecule has 3 heteroatoms. The van der Waals surface area contributed by atoms with Crippen molar-refractivity contribution in [1.29, 1.82) is 0 Å². The summed E-state index contributed by atoms with van der Waals surface area (Å²) in [5.74, 6) is -0.877. The Morgan fingerprint density at radius 2 is 1.11 bits per heavy atom. The van der Waals surface area contributed by atoms with Crippen molar-refractivity contribution in [2.75, 3.05) is 0 Å². The highest BCUT2D eigenvalue weighted by atomic mass is 32.1. The number of aliphatic carboxylic acids is 1. The molecular formula is C15H32O2S. The molecule has 0 rings (SSSR count). The first kappa shape index (κ1) is 20.1. The summed E-state index contributed by atoms with van der Waals surface area (Å²) >= 11 is 3.59. The van der Waals surface area contributed by atoms with Crippen LogP contribution in [-0.4, -0.2) is 16.3 Å². The van der Waals surface area contributed by atoms with Crippen LogP contribution < -0.4 is 0 Å². The summed E-state index contributed by atoms with van der Waals surface area (Å²) in [6, 6.07) is 0. The Morgan fingerprint density at radius 1 is 0.889 bits per heavy atom. The van der Waals surface area contributed by atoms with E-state index >= 15 is 0 Å². The molecule has 1 N–H and O–H groups in total. The van der Waals surface area contributed by atoms with Crippen molar-refractivity contribution in [2.45, 2.75) is 90.2 Å². The van der Waals surface area contributed by atoms with Gasteiger partial charge in [0.25, 0.3) is 0 Å². The van der Waals surface area contributed by atoms with E-state index in [1.54, 1.807) is 0 Å². The van der Waals surface area contributed by atoms with Gasteiger partial charge in [-0.05, 0) is 6.92 Å². The molecule has 0 spiro atoms. The number of thiol groups is 1. The maximum Gasteiger partial charge on any atom is 0.316 e. The summed E-state index contributed by atoms with van der Waals surface area (Å²) in [5.41, 5.74) is 0. The average molecular weight is 276 g/mol. The fourth-order valence-corrected chi connectivity index (χ4v) is 1.56. The molecule has 0 aliphatic carbocycles. The predicted molar refractivity (Wildman–Crippen MR) is 83.6 cm³/mol. The van der Waals surface area contributed by atoms with Crippen LogP contribution in [-0.2, 0) is 4.79 Å². The topological polar surface area (TPSA) is 37.3 Å². The second-order valence-electron chi connectivity index (χ2n) is 4.84. The van der Waals surface area contributed by atoms with Gasteiger partial charge in [-0.15, -0.1) is 0 Å². The van der Waals surface area contributed by atoms with Gasteiger partial charge in [0.1, 0.15) is 0 Å². The van der Waals surface area contributed by atoms with Crippen molar-refractivity contribution in [3.63, 3.8) is 0 Å². The van der Waals surface area contributed by atoms with Crippen molar-refractivity contribution in [3.8, 4) is 0 Å². The zero-order valence-electron chi connectivity index (χ0n) is 12.5. The first-order valence-corrected chi connectivity index (χ1v) is 7.98. The molecule has 2 nitrogen and oxygen atoms in total. The summed E-state index contributed by atoms with van der Waals surface area (Å²) in [6.45, 7) is 6.06. The molecular weight excluding hydrogens is 244 g/mol. The van der Waals surface area contributed by atoms with Gasteiger partial charge in [0.2, 0.25) is 0 Å². The van der Waals surface area contributed by atoms with E-state index in [0.29, 0.717) is 0 Å². The van der Waals surface area contributed by atoms with E-state index < -0.39 is 11.2 Å². The minimum absolute atomic E-state index is 0.537. The molecule has 0 saturated heterocycles. The monoisotopic (exact) mass is 276 g/mol. The van der Waals surface area contributed by atoms with E-state index in [-0.39, 0.29) is 0 Å². The molecule has 110 valence electrons. The van der Waals surface area contributed by atoms with Gasteiger partial charge in [-0.3, -0.25) is 4.79 Å². The van der Waals surface area contributed by atoms with Crippen LogP contribution >= 0.6 is 12.6 Å². The highest BCUT2D eigenvalue weighted by Crippen LogP contribution is 2.09. The quantitative estimate of drug-likeness (QED) is 0.419. The summed E-state index contributed by atoms with van der Waals surface area (Å²) in [5, 5.41) is 7.38. The SMILES string of the molecule is CC(S)C(=O)O.CCCCCCCCCCCC. The smallest absolute Gasteiger partial charge is 0.316 e. The van der Waals surface area contributed by atoms with E-state index in [1.807, 2.05) is 0 Å². The van der Waals surface area contributed by atoms with Gasteiger partial charge in [0.05, 0.1) is 5.25 Å². The number of hydrogen-bond donors (Lipinski definition) is 2. The van der Waals surface area contributed by atoms with Crippen molar-refractivity contribution in [2.24, 2.45) is 0 Å². The highest BCUT2D eigenvalue weighted by Gasteiger charge is 2.00. The summed E-state index contributed by atoms with van der Waals surface area (Å²) < 4.78 is 0. The Kier molecular flexibility index (Phi) is 18.8. The molecule has 1 unspecified atom stereocenters. The Labute approximate surface area is 119 Å². The Balaban J connectivity index is 0. The number of hydrogen-bond acceptors (Lipinski definition) is 2. The fraction of sp³-hybridized carbons (Fsp3) is 0.933. The van der Waals surface area contributed by atoms with Gasteiger partial charge in [-0.1, -0.05) is 78.1 Å². The van der Waals surface area contributed by atoms with Gasteiger partial charge in [0, 0.05) is 0 Å². The maximum atomic E-state index is 9.62. The maximum absolute atomic E-state index is 9.62. The molecule has 0 amide bonds. The van der Waals surface area contributed by atoms with Gasteiger partial charge >= 0.3 is 5.97 Å². The number of rotatable bonds is 10. The third-order valence-electron chi connectivity index (χ3n) is 2.81. The number of unbranched alkanes of at least 4 members (excludes halogenated alkanes) is 9. The Bertz CT molecular complexity index is 160. The number of carboxylic acid groups (broad SMARTS) is 1. The molecule has 0 heterocycles. The van der Waals surface area contributed by atoms with Crippen LogP contribution in [0, 0.1) is 0 Å². The minimum Gasteiger partial charge on any atom is -0.480 e. The van der Waals surface area contributed by atoms with Crippen molar-refractivity contribution < 1.29 is 9.90 Å². The summed E-state index contributed by atoms with van der Waals surface area (Å²) in [6.07, 6.45) is 14.4. The lowest BCUT2D eigenvalue weighted by molar-refractivity contribution is -0.136. The molecule has 1 atom stereocenters. The van der Waals surface area contributed by atoms with Crippen LogP contribution in [0.25, 0.3) is 0 Å². The molecule has 0 aromatic rings. The molecule has 0 fully saturated rings. The Hall–Kier alpha value is -0.180. The van der Waals surface area contributed by atoms with Crippen molar-refractivity contribution in [3.05, 3.63) is 0 Å². The van der Waals surface area contributed by atoms with E-state index in [1.165, 1.54) is 71.1 Å². The van der Waals surface area contributed by atoms with Crippen LogP contribution in [0.4, 0.5) is 0 Å². The molecule has 0 aromatic carbocycles. The molecule has 0 bridgehead atoms. The van der Waals surface area contributed by atoms with Gasteiger partial charge in [-0.25, -0.2) is 0 Å². The highest BCUT2D eigenvalue weighted by molar-refractivity contribution is 7.81. The van der Waals surface area contributed by atoms with Crippen molar-refractivity contribution >= 4 is 18.6 Å². The zero-order chi connectivity index (χ0) is 14.2. The third-order valence-corrected chi connectivity index (χ3v) is 3.04. The van der Waals surface area contributed by atoms with E-state index in [9.17, 15) is 4.79 Å². The number of carboxylic acids is 1. The van der Waals surface area contributed by atoms with Gasteiger partial charge in [0.15, 0.2) is 0 Å². The van der Waals surface area contributed by atoms with Crippen LogP contribution in [0.3, 0.4) is 0 Å². The second-order valence-corrected chi connectivity index (χ2v) is 5.62. The standard InChI is InChI=1S/C12H26.C3H6O2S/c1-3-5-7-9-11-12-10-8-6-4-2;1-2(6)3(4)5/h3-12H2,1-2H3;2,6H,1H3,(H,4,5). The van der Waals surface area contributed by atoms with Gasteiger partial charge in [-0.2, -0.15) is 12.6 Å². The molecule has 0 aromatic heterocycles. The van der Waals surface area contributed by atoms with Crippen LogP contribution in [0.15, 0.2) is 0 Å². The zero-order valence-corrected chi connectivity index (χ0v) is 13.3. The molecule has 0 aliphatic rings. The van der Waals surface area contributed by atoms with E-state index in [4.69, 9.17) is 5.11 Å². The predicted octanol–water partition coefficient (Wildman–Crippen LogP) is 5.32. The van der Waals surface area contributed by atoms with Crippen LogP contribution in [0.2, 0.25) is 0 Å². The largest absolute Gasteiger partial charge is 0.480 e. The second kappa shape index (κ2) is 16.8. The Morgan fingerprint density at radius 3 is 1.28 bits per heavy atom. The lowest BCUT2D eigenvalue weighted by Gasteiger charge is -1.99. The van der Waals surface area contributed by atoms with Crippen molar-refractivity contribution in [1.82, 2.24) is 0 Å². The normalized spacial score (nSPS) is 11.6. The summed E-state index contributed by atoms with van der Waals surface area (Å²) in [4.78, 5) is 9.62. The molecule has 0 saturated carbocycles. The lowest BCUT2D eigenvalue weighted by atomic mass is 10.1. The first-order valence-electron chi connectivity index (χ1n) is 7.47. The van der Waals surface area contributed by atoms with Crippen LogP contribution in [0.5, 0.6) is 0 Å². The van der Waals surface area contributed by atoms with Gasteiger partial charge < -0.3 is 5.11 Å². The molecule has 18 heavy (non-hydrogen) atoms. The lowest BCUT2D eigenvalue weighted by Crippen LogP contribution is -2.06. The molecule has 0 radical (unpaired) electrons. The fourth-order valence-electron chi connectivity index (χ4n) is 1.56. The first-order chi connectivity index (χ1) is 8.56. The third kappa shape index (κ3) is 21.1. The number of carbonyl (C=O) groups is 1. The van der Waals surface area contributed by atoms with Crippen LogP contribution in [0.1, 0.15) is 85.0 Å². The minimum atomic E-state index is -0.877. The van der Waals surface area contributed by atoms with E-state index in [0.717, 1.165) is 0 Å². The summed E-state index contributed by atoms with van der Waals surface area (Å²) in [7, 11) is 0.